The third kappa shape index (κ3) is 6.12. The maximum absolute atomic E-state index is 13.3. The Kier molecular flexibility index (Phi) is 6.99. The largest absolute Gasteiger partial charge is 0.369 e. The van der Waals surface area contributed by atoms with Gasteiger partial charge in [-0.05, 0) is 61.2 Å². The number of carbonyl (C=O) groups is 2. The molecule has 1 aliphatic rings. The van der Waals surface area contributed by atoms with Crippen molar-refractivity contribution in [2.75, 3.05) is 18.4 Å². The summed E-state index contributed by atoms with van der Waals surface area (Å²) in [5, 5.41) is 2.92. The Morgan fingerprint density at radius 2 is 1.97 bits per heavy atom. The highest BCUT2D eigenvalue weighted by Crippen LogP contribution is 2.20. The fourth-order valence-corrected chi connectivity index (χ4v) is 3.76. The van der Waals surface area contributed by atoms with Crippen LogP contribution in [0.3, 0.4) is 0 Å². The molecule has 6 heteroatoms. The monoisotopic (exact) mass is 397 g/mol. The Morgan fingerprint density at radius 3 is 2.66 bits per heavy atom. The molecule has 2 atom stereocenters. The van der Waals surface area contributed by atoms with Crippen LogP contribution in [0.15, 0.2) is 48.5 Å². The molecule has 154 valence electrons. The summed E-state index contributed by atoms with van der Waals surface area (Å²) >= 11 is 0. The fraction of sp³-hybridized carbons (Fsp3) is 0.391. The number of piperidine rings is 1. The van der Waals surface area contributed by atoms with Crippen LogP contribution in [0.2, 0.25) is 0 Å². The first-order valence-electron chi connectivity index (χ1n) is 10.1. The van der Waals surface area contributed by atoms with Gasteiger partial charge in [-0.15, -0.1) is 0 Å². The Morgan fingerprint density at radius 1 is 1.21 bits per heavy atom. The average molecular weight is 397 g/mol. The van der Waals surface area contributed by atoms with Gasteiger partial charge in [-0.25, -0.2) is 4.39 Å². The Bertz CT molecular complexity index is 853. The summed E-state index contributed by atoms with van der Waals surface area (Å²) in [5.74, 6) is -0.943. The lowest BCUT2D eigenvalue weighted by Gasteiger charge is -2.31. The molecule has 2 amide bonds. The first-order chi connectivity index (χ1) is 13.9. The van der Waals surface area contributed by atoms with E-state index in [1.54, 1.807) is 6.07 Å². The zero-order valence-electron chi connectivity index (χ0n) is 16.7. The fourth-order valence-electron chi connectivity index (χ4n) is 3.76. The molecule has 2 unspecified atom stereocenters. The summed E-state index contributed by atoms with van der Waals surface area (Å²) in [6.07, 6.45) is 2.33. The molecule has 1 saturated heterocycles. The summed E-state index contributed by atoms with van der Waals surface area (Å²) in [4.78, 5) is 26.1. The van der Waals surface area contributed by atoms with E-state index in [-0.39, 0.29) is 29.5 Å². The Hall–Kier alpha value is -2.73. The molecule has 2 aromatic carbocycles. The summed E-state index contributed by atoms with van der Waals surface area (Å²) in [6.45, 7) is 4.25. The molecule has 2 aromatic rings. The zero-order valence-corrected chi connectivity index (χ0v) is 16.7. The first-order valence-corrected chi connectivity index (χ1v) is 10.1. The molecular formula is C23H28FN3O2. The van der Waals surface area contributed by atoms with Crippen LogP contribution in [0.5, 0.6) is 0 Å². The van der Waals surface area contributed by atoms with Crippen molar-refractivity contribution in [3.63, 3.8) is 0 Å². The normalized spacial score (nSPS) is 18.2. The first kappa shape index (κ1) is 21.0. The Labute approximate surface area is 171 Å². The Balaban J connectivity index is 1.52. The van der Waals surface area contributed by atoms with E-state index in [0.717, 1.165) is 42.7 Å². The van der Waals surface area contributed by atoms with Crippen molar-refractivity contribution in [3.05, 3.63) is 65.5 Å². The van der Waals surface area contributed by atoms with E-state index in [9.17, 15) is 14.0 Å². The molecule has 0 aliphatic carbocycles. The number of likely N-dealkylation sites (tertiary alicyclic amines) is 1. The summed E-state index contributed by atoms with van der Waals surface area (Å²) < 4.78 is 13.3. The molecule has 3 rings (SSSR count). The van der Waals surface area contributed by atoms with Crippen LogP contribution < -0.4 is 11.1 Å². The van der Waals surface area contributed by atoms with Crippen LogP contribution in [0, 0.1) is 17.7 Å². The molecule has 0 radical (unpaired) electrons. The minimum atomic E-state index is -0.290. The van der Waals surface area contributed by atoms with Gasteiger partial charge >= 0.3 is 0 Å². The van der Waals surface area contributed by atoms with Crippen LogP contribution in [-0.4, -0.2) is 29.8 Å². The van der Waals surface area contributed by atoms with Gasteiger partial charge in [-0.3, -0.25) is 14.5 Å². The van der Waals surface area contributed by atoms with Gasteiger partial charge in [-0.1, -0.05) is 31.2 Å². The van der Waals surface area contributed by atoms with Crippen LogP contribution in [0.25, 0.3) is 0 Å². The lowest BCUT2D eigenvalue weighted by atomic mass is 9.97. The van der Waals surface area contributed by atoms with Crippen LogP contribution in [0.4, 0.5) is 10.1 Å². The van der Waals surface area contributed by atoms with E-state index in [1.165, 1.54) is 12.1 Å². The zero-order chi connectivity index (χ0) is 20.8. The number of carbonyl (C=O) groups excluding carboxylic acids is 2. The number of primary amides is 1. The molecule has 29 heavy (non-hydrogen) atoms. The van der Waals surface area contributed by atoms with Crippen molar-refractivity contribution in [1.82, 2.24) is 4.90 Å². The van der Waals surface area contributed by atoms with Crippen molar-refractivity contribution in [2.45, 2.75) is 32.7 Å². The second-order valence-electron chi connectivity index (χ2n) is 7.90. The molecule has 0 bridgehead atoms. The molecular weight excluding hydrogens is 369 g/mol. The summed E-state index contributed by atoms with van der Waals surface area (Å²) in [6, 6.07) is 14.1. The lowest BCUT2D eigenvalue weighted by molar-refractivity contribution is -0.123. The molecule has 3 N–H and O–H groups in total. The number of hydrogen-bond donors (Lipinski definition) is 2. The van der Waals surface area contributed by atoms with Gasteiger partial charge in [0.1, 0.15) is 5.82 Å². The molecule has 0 saturated carbocycles. The van der Waals surface area contributed by atoms with E-state index in [2.05, 4.69) is 10.2 Å². The van der Waals surface area contributed by atoms with Gasteiger partial charge in [0.05, 0.1) is 5.92 Å². The predicted molar refractivity (Wildman–Crippen MR) is 112 cm³/mol. The molecule has 0 aromatic heterocycles. The molecule has 5 nitrogen and oxygen atoms in total. The quantitative estimate of drug-likeness (QED) is 0.752. The maximum atomic E-state index is 13.3. The second-order valence-corrected chi connectivity index (χ2v) is 7.90. The number of rotatable bonds is 7. The number of nitrogens with two attached hydrogens (primary N) is 1. The molecule has 0 spiro atoms. The molecule has 1 fully saturated rings. The minimum Gasteiger partial charge on any atom is -0.369 e. The van der Waals surface area contributed by atoms with Crippen molar-refractivity contribution in [2.24, 2.45) is 17.6 Å². The number of amides is 2. The van der Waals surface area contributed by atoms with Crippen molar-refractivity contribution >= 4 is 17.5 Å². The van der Waals surface area contributed by atoms with E-state index in [4.69, 9.17) is 5.73 Å². The smallest absolute Gasteiger partial charge is 0.227 e. The SMILES string of the molecule is CC(Cc1cccc(F)c1)C(=O)Nc1ccc(CN2CCCC(C(N)=O)C2)cc1. The van der Waals surface area contributed by atoms with Gasteiger partial charge < -0.3 is 11.1 Å². The molecule has 1 aliphatic heterocycles. The third-order valence-corrected chi connectivity index (χ3v) is 5.41. The van der Waals surface area contributed by atoms with Crippen molar-refractivity contribution in [3.8, 4) is 0 Å². The standard InChI is InChI=1S/C23H28FN3O2/c1-16(12-18-4-2-6-20(24)13-18)23(29)26-21-9-7-17(8-10-21)14-27-11-3-5-19(15-27)22(25)28/h2,4,6-10,13,16,19H,3,5,11-12,14-15H2,1H3,(H2,25,28)(H,26,29). The van der Waals surface area contributed by atoms with Crippen LogP contribution >= 0.6 is 0 Å². The van der Waals surface area contributed by atoms with Gasteiger partial charge in [0, 0.05) is 24.7 Å². The van der Waals surface area contributed by atoms with Gasteiger partial charge in [0.15, 0.2) is 0 Å². The van der Waals surface area contributed by atoms with Crippen molar-refractivity contribution < 1.29 is 14.0 Å². The topological polar surface area (TPSA) is 75.4 Å². The minimum absolute atomic E-state index is 0.0677. The van der Waals surface area contributed by atoms with Crippen LogP contribution in [0.1, 0.15) is 30.9 Å². The number of nitrogens with zero attached hydrogens (tertiary/aromatic N) is 1. The lowest BCUT2D eigenvalue weighted by Crippen LogP contribution is -2.40. The number of anilines is 1. The maximum Gasteiger partial charge on any atom is 0.227 e. The highest BCUT2D eigenvalue weighted by Gasteiger charge is 2.23. The van der Waals surface area contributed by atoms with E-state index in [1.807, 2.05) is 37.3 Å². The number of benzene rings is 2. The number of hydrogen-bond acceptors (Lipinski definition) is 3. The van der Waals surface area contributed by atoms with E-state index >= 15 is 0 Å². The van der Waals surface area contributed by atoms with E-state index in [0.29, 0.717) is 13.0 Å². The van der Waals surface area contributed by atoms with Crippen LogP contribution in [-0.2, 0) is 22.6 Å². The van der Waals surface area contributed by atoms with Gasteiger partial charge in [-0.2, -0.15) is 0 Å². The highest BCUT2D eigenvalue weighted by atomic mass is 19.1. The van der Waals surface area contributed by atoms with Crippen molar-refractivity contribution in [1.29, 1.82) is 0 Å². The predicted octanol–water partition coefficient (Wildman–Crippen LogP) is 3.34. The van der Waals surface area contributed by atoms with Gasteiger partial charge in [0.2, 0.25) is 11.8 Å². The van der Waals surface area contributed by atoms with E-state index < -0.39 is 0 Å². The third-order valence-electron chi connectivity index (χ3n) is 5.41. The van der Waals surface area contributed by atoms with Gasteiger partial charge in [0.25, 0.3) is 0 Å². The number of nitrogens with one attached hydrogen (secondary N) is 1. The highest BCUT2D eigenvalue weighted by molar-refractivity contribution is 5.92. The summed E-state index contributed by atoms with van der Waals surface area (Å²) in [7, 11) is 0. The number of halogens is 1. The average Bonchev–Trinajstić information content (AvgIpc) is 2.69. The molecule has 1 heterocycles. The summed E-state index contributed by atoms with van der Waals surface area (Å²) in [5.41, 5.74) is 8.11. The second kappa shape index (κ2) is 9.65.